The van der Waals surface area contributed by atoms with Crippen molar-refractivity contribution in [3.8, 4) is 11.5 Å². The summed E-state index contributed by atoms with van der Waals surface area (Å²) in [5.74, 6) is -1.07. The van der Waals surface area contributed by atoms with Gasteiger partial charge in [-0.1, -0.05) is 24.3 Å². The van der Waals surface area contributed by atoms with E-state index in [0.717, 1.165) is 5.39 Å². The van der Waals surface area contributed by atoms with Crippen LogP contribution in [0.25, 0.3) is 10.9 Å². The number of para-hydroxylation sites is 1. The summed E-state index contributed by atoms with van der Waals surface area (Å²) < 4.78 is 23.7. The molecular formula is C25H18FN3O4. The van der Waals surface area contributed by atoms with Gasteiger partial charge in [0.05, 0.1) is 24.4 Å². The number of hydrogen-bond donors (Lipinski definition) is 1. The van der Waals surface area contributed by atoms with E-state index >= 15 is 0 Å². The average molecular weight is 443 g/mol. The Balaban J connectivity index is 1.42. The van der Waals surface area contributed by atoms with Gasteiger partial charge in [-0.2, -0.15) is 5.10 Å². The third kappa shape index (κ3) is 5.19. The van der Waals surface area contributed by atoms with Crippen molar-refractivity contribution < 1.29 is 23.5 Å². The number of esters is 1. The molecule has 4 aromatic rings. The van der Waals surface area contributed by atoms with Crippen LogP contribution in [0, 0.1) is 5.82 Å². The van der Waals surface area contributed by atoms with Crippen LogP contribution in [0.5, 0.6) is 11.5 Å². The minimum atomic E-state index is -0.648. The Morgan fingerprint density at radius 2 is 1.76 bits per heavy atom. The largest absolute Gasteiger partial charge is 0.493 e. The van der Waals surface area contributed by atoms with Crippen LogP contribution in [0.3, 0.4) is 0 Å². The number of ether oxygens (including phenoxy) is 2. The van der Waals surface area contributed by atoms with E-state index in [-0.39, 0.29) is 22.8 Å². The van der Waals surface area contributed by atoms with Crippen LogP contribution < -0.4 is 14.9 Å². The maximum Gasteiger partial charge on any atom is 0.343 e. The minimum absolute atomic E-state index is 0.188. The van der Waals surface area contributed by atoms with E-state index in [1.807, 2.05) is 30.3 Å². The van der Waals surface area contributed by atoms with Gasteiger partial charge in [-0.15, -0.1) is 0 Å². The Morgan fingerprint density at radius 1 is 0.970 bits per heavy atom. The van der Waals surface area contributed by atoms with Gasteiger partial charge < -0.3 is 9.47 Å². The van der Waals surface area contributed by atoms with Crippen molar-refractivity contribution >= 4 is 29.0 Å². The molecule has 3 aromatic carbocycles. The fourth-order valence-corrected chi connectivity index (χ4v) is 3.01. The van der Waals surface area contributed by atoms with Crippen molar-refractivity contribution in [1.82, 2.24) is 10.4 Å². The maximum absolute atomic E-state index is 13.0. The number of hydrogen-bond acceptors (Lipinski definition) is 6. The lowest BCUT2D eigenvalue weighted by atomic mass is 10.2. The van der Waals surface area contributed by atoms with Crippen molar-refractivity contribution in [1.29, 1.82) is 0 Å². The summed E-state index contributed by atoms with van der Waals surface area (Å²) >= 11 is 0. The molecular weight excluding hydrogens is 425 g/mol. The Morgan fingerprint density at radius 3 is 2.55 bits per heavy atom. The van der Waals surface area contributed by atoms with E-state index in [2.05, 4.69) is 15.5 Å². The van der Waals surface area contributed by atoms with Crippen molar-refractivity contribution in [3.05, 3.63) is 102 Å². The average Bonchev–Trinajstić information content (AvgIpc) is 2.84. The molecule has 164 valence electrons. The number of amides is 1. The highest BCUT2D eigenvalue weighted by molar-refractivity contribution is 5.95. The van der Waals surface area contributed by atoms with Gasteiger partial charge >= 0.3 is 5.97 Å². The summed E-state index contributed by atoms with van der Waals surface area (Å²) in [6, 6.07) is 20.7. The molecule has 1 heterocycles. The van der Waals surface area contributed by atoms with Gasteiger partial charge in [-0.25, -0.2) is 19.6 Å². The number of fused-ring (bicyclic) bond motifs is 1. The number of benzene rings is 3. The van der Waals surface area contributed by atoms with Crippen LogP contribution in [-0.4, -0.2) is 30.2 Å². The van der Waals surface area contributed by atoms with Gasteiger partial charge in [0, 0.05) is 5.39 Å². The quantitative estimate of drug-likeness (QED) is 0.207. The zero-order valence-corrected chi connectivity index (χ0v) is 17.5. The maximum atomic E-state index is 13.0. The number of carbonyl (C=O) groups is 2. The van der Waals surface area contributed by atoms with Crippen molar-refractivity contribution in [2.24, 2.45) is 5.10 Å². The second-order valence-electron chi connectivity index (χ2n) is 6.90. The number of carbonyl (C=O) groups excluding carboxylic acids is 2. The van der Waals surface area contributed by atoms with Crippen molar-refractivity contribution in [2.45, 2.75) is 0 Å². The van der Waals surface area contributed by atoms with Crippen LogP contribution in [0.4, 0.5) is 4.39 Å². The first-order chi connectivity index (χ1) is 16.0. The molecule has 0 saturated carbocycles. The second kappa shape index (κ2) is 9.69. The third-order valence-electron chi connectivity index (χ3n) is 4.68. The molecule has 1 N–H and O–H groups in total. The molecule has 33 heavy (non-hydrogen) atoms. The lowest BCUT2D eigenvalue weighted by Crippen LogP contribution is -2.18. The summed E-state index contributed by atoms with van der Waals surface area (Å²) in [5.41, 5.74) is 4.19. The Hall–Kier alpha value is -4.59. The van der Waals surface area contributed by atoms with E-state index < -0.39 is 17.7 Å². The molecule has 1 amide bonds. The third-order valence-corrected chi connectivity index (χ3v) is 4.68. The molecule has 0 spiro atoms. The Labute approximate surface area is 188 Å². The smallest absolute Gasteiger partial charge is 0.343 e. The molecule has 0 atom stereocenters. The first-order valence-electron chi connectivity index (χ1n) is 9.88. The molecule has 0 unspecified atom stereocenters. The lowest BCUT2D eigenvalue weighted by Gasteiger charge is -2.10. The van der Waals surface area contributed by atoms with Gasteiger partial charge in [0.15, 0.2) is 11.5 Å². The number of aromatic nitrogens is 1. The summed E-state index contributed by atoms with van der Waals surface area (Å²) in [6.07, 6.45) is 1.42. The first kappa shape index (κ1) is 21.6. The lowest BCUT2D eigenvalue weighted by molar-refractivity contribution is 0.0729. The highest BCUT2D eigenvalue weighted by atomic mass is 19.1. The normalized spacial score (nSPS) is 10.8. The van der Waals surface area contributed by atoms with E-state index in [9.17, 15) is 14.0 Å². The number of pyridine rings is 1. The number of halogens is 1. The minimum Gasteiger partial charge on any atom is -0.493 e. The molecule has 0 aliphatic rings. The predicted octanol–water partition coefficient (Wildman–Crippen LogP) is 4.37. The molecule has 0 aliphatic carbocycles. The molecule has 4 rings (SSSR count). The zero-order chi connectivity index (χ0) is 23.2. The monoisotopic (exact) mass is 443 g/mol. The second-order valence-corrected chi connectivity index (χ2v) is 6.90. The standard InChI is InChI=1S/C25H18FN3O4/c1-32-23-14-16(6-13-22(23)33-25(31)18-7-10-19(26)11-8-18)15-27-29-24(30)21-12-9-17-4-2-3-5-20(17)28-21/h2-15H,1H3,(H,29,30)/b27-15+. The number of nitrogens with one attached hydrogen (secondary N) is 1. The number of rotatable bonds is 6. The van der Waals surface area contributed by atoms with Crippen LogP contribution in [0.15, 0.2) is 84.0 Å². The molecule has 0 fully saturated rings. The highest BCUT2D eigenvalue weighted by Gasteiger charge is 2.13. The molecule has 8 heteroatoms. The van der Waals surface area contributed by atoms with Crippen molar-refractivity contribution in [2.75, 3.05) is 7.11 Å². The summed E-state index contributed by atoms with van der Waals surface area (Å²) in [7, 11) is 1.43. The van der Waals surface area contributed by atoms with E-state index in [1.165, 1.54) is 43.7 Å². The van der Waals surface area contributed by atoms with Gasteiger partial charge in [-0.3, -0.25) is 4.79 Å². The summed E-state index contributed by atoms with van der Waals surface area (Å²) in [5, 5.41) is 4.89. The Bertz CT molecular complexity index is 1350. The number of hydrazone groups is 1. The molecule has 0 radical (unpaired) electrons. The molecule has 1 aromatic heterocycles. The molecule has 0 saturated heterocycles. The number of nitrogens with zero attached hydrogens (tertiary/aromatic N) is 2. The van der Waals surface area contributed by atoms with Gasteiger partial charge in [0.1, 0.15) is 11.5 Å². The van der Waals surface area contributed by atoms with Crippen LogP contribution >= 0.6 is 0 Å². The van der Waals surface area contributed by atoms with Gasteiger partial charge in [0.25, 0.3) is 5.91 Å². The van der Waals surface area contributed by atoms with Gasteiger partial charge in [0.2, 0.25) is 0 Å². The van der Waals surface area contributed by atoms with E-state index in [1.54, 1.807) is 18.2 Å². The predicted molar refractivity (Wildman–Crippen MR) is 121 cm³/mol. The van der Waals surface area contributed by atoms with E-state index in [0.29, 0.717) is 11.1 Å². The fourth-order valence-electron chi connectivity index (χ4n) is 3.01. The molecule has 0 bridgehead atoms. The molecule has 0 aliphatic heterocycles. The van der Waals surface area contributed by atoms with E-state index in [4.69, 9.17) is 9.47 Å². The summed E-state index contributed by atoms with van der Waals surface area (Å²) in [6.45, 7) is 0. The van der Waals surface area contributed by atoms with Crippen LogP contribution in [0.1, 0.15) is 26.4 Å². The SMILES string of the molecule is COc1cc(/C=N/NC(=O)c2ccc3ccccc3n2)ccc1OC(=O)c1ccc(F)cc1. The molecule has 7 nitrogen and oxygen atoms in total. The fraction of sp³-hybridized carbons (Fsp3) is 0.0400. The van der Waals surface area contributed by atoms with Crippen LogP contribution in [0.2, 0.25) is 0 Å². The number of methoxy groups -OCH3 is 1. The van der Waals surface area contributed by atoms with Crippen LogP contribution in [-0.2, 0) is 0 Å². The van der Waals surface area contributed by atoms with Crippen molar-refractivity contribution in [3.63, 3.8) is 0 Å². The summed E-state index contributed by atoms with van der Waals surface area (Å²) in [4.78, 5) is 28.9. The van der Waals surface area contributed by atoms with Gasteiger partial charge in [-0.05, 0) is 60.2 Å². The topological polar surface area (TPSA) is 89.9 Å². The first-order valence-corrected chi connectivity index (χ1v) is 9.88. The highest BCUT2D eigenvalue weighted by Crippen LogP contribution is 2.28. The zero-order valence-electron chi connectivity index (χ0n) is 17.5. The Kier molecular flexibility index (Phi) is 6.36.